The van der Waals surface area contributed by atoms with E-state index in [9.17, 15) is 9.18 Å². The number of carbonyl (C=O) groups is 1. The molecule has 110 valence electrons. The number of rotatable bonds is 4. The van der Waals surface area contributed by atoms with Crippen LogP contribution in [0.5, 0.6) is 0 Å². The Morgan fingerprint density at radius 1 is 1.48 bits per heavy atom. The van der Waals surface area contributed by atoms with Crippen LogP contribution in [0.2, 0.25) is 0 Å². The molecule has 2 rings (SSSR count). The largest absolute Gasteiger partial charge is 0.319 e. The van der Waals surface area contributed by atoms with Gasteiger partial charge in [0, 0.05) is 10.7 Å². The van der Waals surface area contributed by atoms with Crippen LogP contribution in [-0.4, -0.2) is 22.1 Å². The third kappa shape index (κ3) is 3.79. The van der Waals surface area contributed by atoms with Gasteiger partial charge in [0.25, 0.3) is 5.91 Å². The Labute approximate surface area is 134 Å². The van der Waals surface area contributed by atoms with Crippen LogP contribution in [0.4, 0.5) is 10.1 Å². The zero-order chi connectivity index (χ0) is 15.4. The Morgan fingerprint density at radius 2 is 2.24 bits per heavy atom. The molecule has 1 aromatic carbocycles. The van der Waals surface area contributed by atoms with Gasteiger partial charge in [0.2, 0.25) is 0 Å². The summed E-state index contributed by atoms with van der Waals surface area (Å²) in [6.07, 6.45) is 3.94. The van der Waals surface area contributed by atoms with Crippen molar-refractivity contribution in [1.29, 1.82) is 0 Å². The molecular formula is C14H13BrFN3OS. The molecular weight excluding hydrogens is 357 g/mol. The molecule has 0 unspecified atom stereocenters. The summed E-state index contributed by atoms with van der Waals surface area (Å²) in [6, 6.07) is 4.45. The summed E-state index contributed by atoms with van der Waals surface area (Å²) in [4.78, 5) is 20.6. The van der Waals surface area contributed by atoms with E-state index in [2.05, 4.69) is 31.2 Å². The number of aryl methyl sites for hydroxylation is 1. The van der Waals surface area contributed by atoms with Gasteiger partial charge in [-0.2, -0.15) is 0 Å². The van der Waals surface area contributed by atoms with Gasteiger partial charge in [-0.15, -0.1) is 0 Å². The second-order valence-corrected chi connectivity index (χ2v) is 5.84. The number of aromatic nitrogens is 2. The predicted octanol–water partition coefficient (Wildman–Crippen LogP) is 3.91. The van der Waals surface area contributed by atoms with E-state index < -0.39 is 11.7 Å². The first-order valence-electron chi connectivity index (χ1n) is 6.21. The normalized spacial score (nSPS) is 10.5. The fraction of sp³-hybridized carbons (Fsp3) is 0.214. The molecule has 0 radical (unpaired) electrons. The van der Waals surface area contributed by atoms with Crippen LogP contribution >= 0.6 is 27.7 Å². The Morgan fingerprint density at radius 3 is 2.86 bits per heavy atom. The van der Waals surface area contributed by atoms with E-state index >= 15 is 0 Å². The molecule has 1 aromatic heterocycles. The maximum Gasteiger partial charge on any atom is 0.259 e. The van der Waals surface area contributed by atoms with E-state index in [0.717, 1.165) is 0 Å². The predicted molar refractivity (Wildman–Crippen MR) is 85.2 cm³/mol. The van der Waals surface area contributed by atoms with Gasteiger partial charge in [0.1, 0.15) is 5.82 Å². The molecule has 7 heteroatoms. The number of nitrogens with zero attached hydrogens (tertiary/aromatic N) is 2. The Hall–Kier alpha value is -1.47. The summed E-state index contributed by atoms with van der Waals surface area (Å²) in [5, 5.41) is 3.15. The van der Waals surface area contributed by atoms with Crippen molar-refractivity contribution in [3.05, 3.63) is 45.9 Å². The lowest BCUT2D eigenvalue weighted by Crippen LogP contribution is -2.16. The molecule has 0 saturated heterocycles. The van der Waals surface area contributed by atoms with E-state index in [-0.39, 0.29) is 5.69 Å². The van der Waals surface area contributed by atoms with Crippen LogP contribution < -0.4 is 5.32 Å². The third-order valence-electron chi connectivity index (χ3n) is 2.79. The van der Waals surface area contributed by atoms with Crippen molar-refractivity contribution in [2.75, 3.05) is 11.6 Å². The van der Waals surface area contributed by atoms with Crippen LogP contribution in [0, 0.1) is 5.82 Å². The highest BCUT2D eigenvalue weighted by Gasteiger charge is 2.15. The van der Waals surface area contributed by atoms with E-state index in [4.69, 9.17) is 0 Å². The number of halogens is 2. The lowest BCUT2D eigenvalue weighted by atomic mass is 10.1. The number of benzene rings is 1. The van der Waals surface area contributed by atoms with Crippen LogP contribution in [0.3, 0.4) is 0 Å². The molecule has 0 saturated carbocycles. The monoisotopic (exact) mass is 369 g/mol. The standard InChI is InChI=1S/C14H13BrFN3OS/c1-3-11-9(7-17-14(19-11)21-2)13(20)18-12-5-4-8(15)6-10(12)16/h4-7H,3H2,1-2H3,(H,18,20). The summed E-state index contributed by atoms with van der Waals surface area (Å²) < 4.78 is 14.4. The Kier molecular flexibility index (Phi) is 5.30. The highest BCUT2D eigenvalue weighted by atomic mass is 79.9. The number of thioether (sulfide) groups is 1. The molecule has 21 heavy (non-hydrogen) atoms. The van der Waals surface area contributed by atoms with Gasteiger partial charge in [0.05, 0.1) is 16.9 Å². The first-order chi connectivity index (χ1) is 10.0. The number of amides is 1. The molecule has 2 aromatic rings. The van der Waals surface area contributed by atoms with Crippen LogP contribution in [0.25, 0.3) is 0 Å². The highest BCUT2D eigenvalue weighted by molar-refractivity contribution is 9.10. The molecule has 0 aliphatic carbocycles. The van der Waals surface area contributed by atoms with Crippen LogP contribution in [0.1, 0.15) is 23.0 Å². The molecule has 0 aliphatic rings. The minimum absolute atomic E-state index is 0.124. The molecule has 4 nitrogen and oxygen atoms in total. The fourth-order valence-electron chi connectivity index (χ4n) is 1.74. The molecule has 0 spiro atoms. The number of hydrogen-bond acceptors (Lipinski definition) is 4. The average Bonchev–Trinajstić information content (AvgIpc) is 2.49. The van der Waals surface area contributed by atoms with Crippen molar-refractivity contribution < 1.29 is 9.18 Å². The minimum atomic E-state index is -0.502. The summed E-state index contributed by atoms with van der Waals surface area (Å²) in [5.41, 5.74) is 1.13. The first-order valence-corrected chi connectivity index (χ1v) is 8.23. The second kappa shape index (κ2) is 7.00. The van der Waals surface area contributed by atoms with Crippen molar-refractivity contribution in [2.24, 2.45) is 0 Å². The smallest absolute Gasteiger partial charge is 0.259 e. The van der Waals surface area contributed by atoms with Gasteiger partial charge in [-0.1, -0.05) is 34.6 Å². The van der Waals surface area contributed by atoms with Crippen molar-refractivity contribution in [3.63, 3.8) is 0 Å². The molecule has 0 bridgehead atoms. The topological polar surface area (TPSA) is 54.9 Å². The quantitative estimate of drug-likeness (QED) is 0.655. The lowest BCUT2D eigenvalue weighted by Gasteiger charge is -2.09. The van der Waals surface area contributed by atoms with E-state index in [1.807, 2.05) is 13.2 Å². The van der Waals surface area contributed by atoms with Crippen molar-refractivity contribution in [3.8, 4) is 0 Å². The molecule has 0 atom stereocenters. The second-order valence-electron chi connectivity index (χ2n) is 4.15. The number of nitrogens with one attached hydrogen (secondary N) is 1. The minimum Gasteiger partial charge on any atom is -0.319 e. The molecule has 0 fully saturated rings. The first kappa shape index (κ1) is 15.9. The van der Waals surface area contributed by atoms with E-state index in [1.165, 1.54) is 30.1 Å². The van der Waals surface area contributed by atoms with E-state index in [0.29, 0.717) is 27.3 Å². The Bertz CT molecular complexity index is 681. The number of anilines is 1. The van der Waals surface area contributed by atoms with Gasteiger partial charge < -0.3 is 5.32 Å². The molecule has 1 amide bonds. The van der Waals surface area contributed by atoms with Crippen LogP contribution in [0.15, 0.2) is 34.0 Å². The zero-order valence-corrected chi connectivity index (χ0v) is 13.9. The van der Waals surface area contributed by atoms with Gasteiger partial charge in [-0.3, -0.25) is 4.79 Å². The maximum absolute atomic E-state index is 13.7. The summed E-state index contributed by atoms with van der Waals surface area (Å²) >= 11 is 4.58. The highest BCUT2D eigenvalue weighted by Crippen LogP contribution is 2.21. The Balaban J connectivity index is 2.28. The van der Waals surface area contributed by atoms with Gasteiger partial charge in [-0.05, 0) is 30.9 Å². The van der Waals surface area contributed by atoms with Crippen molar-refractivity contribution in [1.82, 2.24) is 9.97 Å². The van der Waals surface area contributed by atoms with Crippen LogP contribution in [-0.2, 0) is 6.42 Å². The van der Waals surface area contributed by atoms with E-state index in [1.54, 1.807) is 6.07 Å². The maximum atomic E-state index is 13.7. The summed E-state index contributed by atoms with van der Waals surface area (Å²) in [7, 11) is 0. The fourth-order valence-corrected chi connectivity index (χ4v) is 2.43. The van der Waals surface area contributed by atoms with Gasteiger partial charge >= 0.3 is 0 Å². The zero-order valence-electron chi connectivity index (χ0n) is 11.5. The molecule has 1 N–H and O–H groups in total. The summed E-state index contributed by atoms with van der Waals surface area (Å²) in [5.74, 6) is -0.918. The molecule has 1 heterocycles. The van der Waals surface area contributed by atoms with Gasteiger partial charge in [0.15, 0.2) is 5.16 Å². The SMILES string of the molecule is CCc1nc(SC)ncc1C(=O)Nc1ccc(Br)cc1F. The van der Waals surface area contributed by atoms with Crippen molar-refractivity contribution >= 4 is 39.3 Å². The average molecular weight is 370 g/mol. The van der Waals surface area contributed by atoms with Crippen molar-refractivity contribution in [2.45, 2.75) is 18.5 Å². The molecule has 0 aliphatic heterocycles. The summed E-state index contributed by atoms with van der Waals surface area (Å²) in [6.45, 7) is 1.91. The number of carbonyl (C=O) groups excluding carboxylic acids is 1. The lowest BCUT2D eigenvalue weighted by molar-refractivity contribution is 0.102. The third-order valence-corrected chi connectivity index (χ3v) is 3.84. The number of hydrogen-bond donors (Lipinski definition) is 1. The van der Waals surface area contributed by atoms with Gasteiger partial charge in [-0.25, -0.2) is 14.4 Å².